The number of hydrogen-bond acceptors (Lipinski definition) is 5. The van der Waals surface area contributed by atoms with Gasteiger partial charge in [0, 0.05) is 28.2 Å². The molecule has 1 saturated heterocycles. The molecule has 0 saturated carbocycles. The number of fused-ring (bicyclic) bond motifs is 1. The van der Waals surface area contributed by atoms with Gasteiger partial charge >= 0.3 is 6.18 Å². The first-order valence-electron chi connectivity index (χ1n) is 10.7. The van der Waals surface area contributed by atoms with Gasteiger partial charge in [-0.05, 0) is 73.1 Å². The normalized spacial score (nSPS) is 16.5. The average molecular weight is 535 g/mol. The maximum absolute atomic E-state index is 13.2. The first-order valence-corrected chi connectivity index (χ1v) is 11.9. The van der Waals surface area contributed by atoms with Crippen LogP contribution < -0.4 is 9.47 Å². The second kappa shape index (κ2) is 8.94. The van der Waals surface area contributed by atoms with Crippen LogP contribution in [0.25, 0.3) is 11.8 Å². The second-order valence-electron chi connectivity index (χ2n) is 8.27. The molecule has 2 aromatic carbocycles. The van der Waals surface area contributed by atoms with E-state index in [1.54, 1.807) is 48.8 Å². The molecule has 1 fully saturated rings. The van der Waals surface area contributed by atoms with Crippen molar-refractivity contribution in [2.24, 2.45) is 0 Å². The van der Waals surface area contributed by atoms with E-state index in [1.807, 2.05) is 0 Å². The smallest absolute Gasteiger partial charge is 0.416 e. The van der Waals surface area contributed by atoms with Crippen LogP contribution in [0.5, 0.6) is 11.5 Å². The average Bonchev–Trinajstić information content (AvgIpc) is 3.45. The molecule has 0 N–H and O–H groups in total. The molecule has 2 amide bonds. The molecule has 11 heteroatoms. The lowest BCUT2D eigenvalue weighted by atomic mass is 10.1. The van der Waals surface area contributed by atoms with E-state index in [1.165, 1.54) is 6.07 Å². The van der Waals surface area contributed by atoms with Crippen LogP contribution in [0.3, 0.4) is 0 Å². The lowest BCUT2D eigenvalue weighted by molar-refractivity contribution is -0.137. The van der Waals surface area contributed by atoms with Gasteiger partial charge in [-0.1, -0.05) is 17.7 Å². The van der Waals surface area contributed by atoms with Gasteiger partial charge in [-0.2, -0.15) is 13.2 Å². The van der Waals surface area contributed by atoms with Crippen molar-refractivity contribution in [1.29, 1.82) is 0 Å². The van der Waals surface area contributed by atoms with E-state index in [9.17, 15) is 22.8 Å². The predicted molar refractivity (Wildman–Crippen MR) is 129 cm³/mol. The molecule has 2 aliphatic heterocycles. The van der Waals surface area contributed by atoms with E-state index in [4.69, 9.17) is 21.1 Å². The quantitative estimate of drug-likeness (QED) is 0.347. The van der Waals surface area contributed by atoms with Gasteiger partial charge in [0.2, 0.25) is 6.79 Å². The molecule has 0 unspecified atom stereocenters. The van der Waals surface area contributed by atoms with Crippen LogP contribution in [0.15, 0.2) is 47.4 Å². The molecule has 3 heterocycles. The monoisotopic (exact) mass is 534 g/mol. The van der Waals surface area contributed by atoms with Crippen molar-refractivity contribution in [2.75, 3.05) is 6.79 Å². The van der Waals surface area contributed by atoms with Crippen molar-refractivity contribution in [3.8, 4) is 17.2 Å². The number of rotatable bonds is 4. The zero-order chi connectivity index (χ0) is 25.8. The summed E-state index contributed by atoms with van der Waals surface area (Å²) in [5.41, 5.74) is 2.08. The van der Waals surface area contributed by atoms with Gasteiger partial charge in [0.25, 0.3) is 11.1 Å². The zero-order valence-electron chi connectivity index (χ0n) is 19.0. The van der Waals surface area contributed by atoms with Crippen molar-refractivity contribution in [3.05, 3.63) is 80.5 Å². The lowest BCUT2D eigenvalue weighted by Crippen LogP contribution is -2.27. The molecule has 3 aromatic rings. The van der Waals surface area contributed by atoms with Crippen LogP contribution >= 0.6 is 23.4 Å². The maximum atomic E-state index is 13.2. The summed E-state index contributed by atoms with van der Waals surface area (Å²) >= 11 is 7.10. The molecule has 36 heavy (non-hydrogen) atoms. The number of alkyl halides is 3. The molecular weight excluding hydrogens is 517 g/mol. The summed E-state index contributed by atoms with van der Waals surface area (Å²) in [5, 5.41) is -0.112. The van der Waals surface area contributed by atoms with Crippen LogP contribution in [-0.4, -0.2) is 27.4 Å². The standard InChI is InChI=1S/C25H18ClF3N2O4S/c1-13-6-15(14(2)31(13)18-5-3-4-17(9-18)25(27,28)29)8-22-23(32)30(24(33)36-22)11-16-7-20-21(10-19(16)26)35-12-34-20/h3-10H,11-12H2,1-2H3/b22-8-. The fraction of sp³-hybridized carbons (Fsp3) is 0.200. The minimum Gasteiger partial charge on any atom is -0.454 e. The molecule has 0 bridgehead atoms. The molecule has 1 aromatic heterocycles. The van der Waals surface area contributed by atoms with Gasteiger partial charge < -0.3 is 14.0 Å². The van der Waals surface area contributed by atoms with E-state index < -0.39 is 22.9 Å². The van der Waals surface area contributed by atoms with Crippen molar-refractivity contribution in [1.82, 2.24) is 9.47 Å². The van der Waals surface area contributed by atoms with Crippen molar-refractivity contribution >= 4 is 40.6 Å². The van der Waals surface area contributed by atoms with E-state index in [2.05, 4.69) is 0 Å². The largest absolute Gasteiger partial charge is 0.454 e. The Morgan fingerprint density at radius 2 is 1.81 bits per heavy atom. The minimum atomic E-state index is -4.46. The Hall–Kier alpha value is -3.37. The van der Waals surface area contributed by atoms with Gasteiger partial charge in [-0.25, -0.2) is 0 Å². The van der Waals surface area contributed by atoms with E-state index in [0.717, 1.165) is 28.8 Å². The van der Waals surface area contributed by atoms with Crippen molar-refractivity contribution in [3.63, 3.8) is 0 Å². The van der Waals surface area contributed by atoms with Crippen LogP contribution in [0, 0.1) is 13.8 Å². The molecule has 2 aliphatic rings. The number of nitrogens with zero attached hydrogens (tertiary/aromatic N) is 2. The number of carbonyl (C=O) groups is 2. The Bertz CT molecular complexity index is 1450. The van der Waals surface area contributed by atoms with Gasteiger partial charge in [0.15, 0.2) is 11.5 Å². The summed E-state index contributed by atoms with van der Waals surface area (Å²) in [6.07, 6.45) is -2.88. The van der Waals surface area contributed by atoms with E-state index in [0.29, 0.717) is 44.7 Å². The number of thioether (sulfide) groups is 1. The highest BCUT2D eigenvalue weighted by Crippen LogP contribution is 2.40. The topological polar surface area (TPSA) is 60.8 Å². The Morgan fingerprint density at radius 1 is 1.08 bits per heavy atom. The Kier molecular flexibility index (Phi) is 6.04. The minimum absolute atomic E-state index is 0.0409. The number of amides is 2. The first-order chi connectivity index (χ1) is 17.0. The molecule has 0 aliphatic carbocycles. The number of imide groups is 1. The predicted octanol–water partition coefficient (Wildman–Crippen LogP) is 6.73. The molecular formula is C25H18ClF3N2O4S. The number of carbonyl (C=O) groups excluding carboxylic acids is 2. The SMILES string of the molecule is Cc1cc(/C=C2\SC(=O)N(Cc3cc4c(cc3Cl)OCO4)C2=O)c(C)n1-c1cccc(C(F)(F)F)c1. The number of aryl methyl sites for hydroxylation is 1. The molecule has 0 spiro atoms. The number of benzene rings is 2. The van der Waals surface area contributed by atoms with E-state index in [-0.39, 0.29) is 18.2 Å². The molecule has 5 rings (SSSR count). The number of halogens is 4. The Labute approximate surface area is 213 Å². The molecule has 0 atom stereocenters. The summed E-state index contributed by atoms with van der Waals surface area (Å²) in [5.74, 6) is 0.496. The van der Waals surface area contributed by atoms with Crippen LogP contribution in [-0.2, 0) is 17.5 Å². The molecule has 6 nitrogen and oxygen atoms in total. The zero-order valence-corrected chi connectivity index (χ0v) is 20.6. The third-order valence-corrected chi connectivity index (χ3v) is 7.19. The highest BCUT2D eigenvalue weighted by molar-refractivity contribution is 8.18. The van der Waals surface area contributed by atoms with Crippen molar-refractivity contribution in [2.45, 2.75) is 26.6 Å². The summed E-state index contributed by atoms with van der Waals surface area (Å²) in [6.45, 7) is 3.53. The van der Waals surface area contributed by atoms with Gasteiger partial charge in [0.1, 0.15) is 0 Å². The Morgan fingerprint density at radius 3 is 2.53 bits per heavy atom. The molecule has 186 valence electrons. The fourth-order valence-electron chi connectivity index (χ4n) is 4.18. The maximum Gasteiger partial charge on any atom is 0.416 e. The van der Waals surface area contributed by atoms with Crippen LogP contribution in [0.2, 0.25) is 5.02 Å². The third kappa shape index (κ3) is 4.35. The summed E-state index contributed by atoms with van der Waals surface area (Å²) in [4.78, 5) is 27.0. The van der Waals surface area contributed by atoms with Gasteiger partial charge in [-0.15, -0.1) is 0 Å². The third-order valence-electron chi connectivity index (χ3n) is 5.93. The number of aromatic nitrogens is 1. The first kappa shape index (κ1) is 24.3. The number of hydrogen-bond donors (Lipinski definition) is 0. The lowest BCUT2D eigenvalue weighted by Gasteiger charge is -2.14. The molecule has 0 radical (unpaired) electrons. The van der Waals surface area contributed by atoms with Gasteiger partial charge in [0.05, 0.1) is 17.0 Å². The summed E-state index contributed by atoms with van der Waals surface area (Å²) < 4.78 is 51.9. The fourth-order valence-corrected chi connectivity index (χ4v) is 5.22. The highest BCUT2D eigenvalue weighted by atomic mass is 35.5. The van der Waals surface area contributed by atoms with Crippen LogP contribution in [0.4, 0.5) is 18.0 Å². The van der Waals surface area contributed by atoms with E-state index >= 15 is 0 Å². The summed E-state index contributed by atoms with van der Waals surface area (Å²) in [6, 6.07) is 10.0. The summed E-state index contributed by atoms with van der Waals surface area (Å²) in [7, 11) is 0. The van der Waals surface area contributed by atoms with Crippen LogP contribution in [0.1, 0.15) is 28.1 Å². The second-order valence-corrected chi connectivity index (χ2v) is 9.68. The van der Waals surface area contributed by atoms with Crippen molar-refractivity contribution < 1.29 is 32.2 Å². The van der Waals surface area contributed by atoms with Gasteiger partial charge in [-0.3, -0.25) is 14.5 Å². The number of ether oxygens (including phenoxy) is 2. The highest BCUT2D eigenvalue weighted by Gasteiger charge is 2.36. The Balaban J connectivity index is 1.43.